The molecule has 20 heavy (non-hydrogen) atoms. The molecule has 114 valence electrons. The number of halogens is 1. The molecule has 1 atom stereocenters. The molecule has 6 nitrogen and oxygen atoms in total. The summed E-state index contributed by atoms with van der Waals surface area (Å²) in [5.74, 6) is 0.0947. The number of primary sulfonamides is 1. The summed E-state index contributed by atoms with van der Waals surface area (Å²) in [6.45, 7) is 3.34. The average Bonchev–Trinajstić information content (AvgIpc) is 2.29. The summed E-state index contributed by atoms with van der Waals surface area (Å²) >= 11 is 3.23. The summed E-state index contributed by atoms with van der Waals surface area (Å²) in [6, 6.07) is 3.98. The zero-order valence-electron chi connectivity index (χ0n) is 11.1. The molecule has 9 heteroatoms. The molecule has 0 bridgehead atoms. The van der Waals surface area contributed by atoms with Crippen molar-refractivity contribution < 1.29 is 16.8 Å². The molecule has 0 radical (unpaired) electrons. The number of sulfone groups is 1. The zero-order chi connectivity index (χ0) is 15.6. The van der Waals surface area contributed by atoms with Crippen molar-refractivity contribution in [3.63, 3.8) is 0 Å². The van der Waals surface area contributed by atoms with Crippen molar-refractivity contribution >= 4 is 41.5 Å². The first-order valence-corrected chi connectivity index (χ1v) is 10.0. The van der Waals surface area contributed by atoms with Crippen LogP contribution in [0.25, 0.3) is 0 Å². The molecule has 0 aromatic heterocycles. The predicted octanol–water partition coefficient (Wildman–Crippen LogP) is 1.33. The Labute approximate surface area is 127 Å². The van der Waals surface area contributed by atoms with Gasteiger partial charge in [-0.1, -0.05) is 6.92 Å². The van der Waals surface area contributed by atoms with Crippen molar-refractivity contribution in [2.75, 3.05) is 16.8 Å². The molecule has 0 saturated carbocycles. The van der Waals surface area contributed by atoms with Gasteiger partial charge in [-0.15, -0.1) is 0 Å². The van der Waals surface area contributed by atoms with Gasteiger partial charge in [0.15, 0.2) is 9.84 Å². The van der Waals surface area contributed by atoms with Crippen LogP contribution in [0.4, 0.5) is 5.69 Å². The minimum absolute atomic E-state index is 0.00682. The first-order valence-electron chi connectivity index (χ1n) is 5.84. The van der Waals surface area contributed by atoms with Crippen LogP contribution >= 0.6 is 15.9 Å². The first-order chi connectivity index (χ1) is 9.05. The summed E-state index contributed by atoms with van der Waals surface area (Å²) in [5.41, 5.74) is 0.608. The van der Waals surface area contributed by atoms with E-state index in [2.05, 4.69) is 21.2 Å². The number of hydrogen-bond donors (Lipinski definition) is 2. The summed E-state index contributed by atoms with van der Waals surface area (Å²) in [6.07, 6.45) is 0. The SMILES string of the molecule is CCS(=O)(=O)CC(C)Nc1ccc(S(N)(=O)=O)cc1Br. The van der Waals surface area contributed by atoms with Gasteiger partial charge >= 0.3 is 0 Å². The number of nitrogens with two attached hydrogens (primary N) is 1. The predicted molar refractivity (Wildman–Crippen MR) is 82.9 cm³/mol. The van der Waals surface area contributed by atoms with Gasteiger partial charge in [-0.3, -0.25) is 0 Å². The van der Waals surface area contributed by atoms with Crippen LogP contribution in [0.2, 0.25) is 0 Å². The topological polar surface area (TPSA) is 106 Å². The Morgan fingerprint density at radius 2 is 1.90 bits per heavy atom. The Kier molecular flexibility index (Phi) is 5.59. The van der Waals surface area contributed by atoms with Crippen molar-refractivity contribution in [3.05, 3.63) is 22.7 Å². The standard InChI is InChI=1S/C11H17BrN2O4S2/c1-3-19(15,16)7-8(2)14-11-5-4-9(6-10(11)12)20(13,17)18/h4-6,8,14H,3,7H2,1-2H3,(H2,13,17,18). The van der Waals surface area contributed by atoms with Gasteiger partial charge in [0.1, 0.15) is 0 Å². The minimum atomic E-state index is -3.76. The van der Waals surface area contributed by atoms with E-state index in [4.69, 9.17) is 5.14 Å². The first kappa shape index (κ1) is 17.4. The van der Waals surface area contributed by atoms with E-state index >= 15 is 0 Å². The van der Waals surface area contributed by atoms with Crippen LogP contribution in [0.3, 0.4) is 0 Å². The highest BCUT2D eigenvalue weighted by Gasteiger charge is 2.15. The second-order valence-electron chi connectivity index (χ2n) is 4.43. The quantitative estimate of drug-likeness (QED) is 0.769. The maximum Gasteiger partial charge on any atom is 0.238 e. The average molecular weight is 385 g/mol. The highest BCUT2D eigenvalue weighted by Crippen LogP contribution is 2.26. The smallest absolute Gasteiger partial charge is 0.238 e. The fourth-order valence-electron chi connectivity index (χ4n) is 1.60. The molecule has 0 amide bonds. The van der Waals surface area contributed by atoms with Crippen LogP contribution in [0.5, 0.6) is 0 Å². The van der Waals surface area contributed by atoms with E-state index in [0.29, 0.717) is 10.2 Å². The zero-order valence-corrected chi connectivity index (χ0v) is 14.3. The molecular formula is C11H17BrN2O4S2. The molecule has 1 unspecified atom stereocenters. The molecule has 0 heterocycles. The van der Waals surface area contributed by atoms with Gasteiger partial charge < -0.3 is 5.32 Å². The summed E-state index contributed by atoms with van der Waals surface area (Å²) < 4.78 is 46.0. The Hall–Kier alpha value is -0.640. The number of anilines is 1. The third-order valence-corrected chi connectivity index (χ3v) is 6.07. The lowest BCUT2D eigenvalue weighted by Crippen LogP contribution is -2.26. The molecule has 1 aromatic rings. The van der Waals surface area contributed by atoms with Crippen molar-refractivity contribution in [2.24, 2.45) is 5.14 Å². The van der Waals surface area contributed by atoms with Gasteiger partial charge in [0.2, 0.25) is 10.0 Å². The lowest BCUT2D eigenvalue weighted by Gasteiger charge is -2.16. The van der Waals surface area contributed by atoms with E-state index in [0.717, 1.165) is 0 Å². The van der Waals surface area contributed by atoms with Crippen molar-refractivity contribution in [3.8, 4) is 0 Å². The Balaban J connectivity index is 2.90. The molecule has 0 saturated heterocycles. The van der Waals surface area contributed by atoms with Gasteiger partial charge in [-0.2, -0.15) is 0 Å². The maximum atomic E-state index is 11.5. The molecule has 0 aliphatic heterocycles. The summed E-state index contributed by atoms with van der Waals surface area (Å²) in [7, 11) is -6.83. The van der Waals surface area contributed by atoms with Crippen molar-refractivity contribution in [2.45, 2.75) is 24.8 Å². The lowest BCUT2D eigenvalue weighted by atomic mass is 10.3. The Morgan fingerprint density at radius 3 is 2.35 bits per heavy atom. The molecule has 1 rings (SSSR count). The largest absolute Gasteiger partial charge is 0.381 e. The lowest BCUT2D eigenvalue weighted by molar-refractivity contribution is 0.593. The number of benzene rings is 1. The van der Waals surface area contributed by atoms with Crippen LogP contribution in [-0.2, 0) is 19.9 Å². The molecule has 0 fully saturated rings. The van der Waals surface area contributed by atoms with Crippen LogP contribution < -0.4 is 10.5 Å². The van der Waals surface area contributed by atoms with Crippen LogP contribution in [-0.4, -0.2) is 34.4 Å². The Morgan fingerprint density at radius 1 is 1.30 bits per heavy atom. The van der Waals surface area contributed by atoms with Crippen LogP contribution in [0.15, 0.2) is 27.6 Å². The maximum absolute atomic E-state index is 11.5. The second-order valence-corrected chi connectivity index (χ2v) is 9.24. The fourth-order valence-corrected chi connectivity index (χ4v) is 3.86. The van der Waals surface area contributed by atoms with Gasteiger partial charge in [0.25, 0.3) is 0 Å². The molecule has 3 N–H and O–H groups in total. The van der Waals surface area contributed by atoms with Gasteiger partial charge in [0, 0.05) is 22.0 Å². The molecule has 0 aliphatic carbocycles. The highest BCUT2D eigenvalue weighted by molar-refractivity contribution is 9.10. The third-order valence-electron chi connectivity index (χ3n) is 2.61. The summed E-state index contributed by atoms with van der Waals surface area (Å²) in [5, 5.41) is 8.05. The normalized spacial score (nSPS) is 14.0. The number of hydrogen-bond acceptors (Lipinski definition) is 5. The molecule has 0 aliphatic rings. The van der Waals surface area contributed by atoms with E-state index in [1.54, 1.807) is 19.9 Å². The monoisotopic (exact) mass is 384 g/mol. The van der Waals surface area contributed by atoms with E-state index in [-0.39, 0.29) is 22.4 Å². The number of rotatable bonds is 6. The number of nitrogens with one attached hydrogen (secondary N) is 1. The molecule has 1 aromatic carbocycles. The van der Waals surface area contributed by atoms with Crippen molar-refractivity contribution in [1.82, 2.24) is 0 Å². The molecular weight excluding hydrogens is 368 g/mol. The van der Waals surface area contributed by atoms with Crippen molar-refractivity contribution in [1.29, 1.82) is 0 Å². The van der Waals surface area contributed by atoms with Gasteiger partial charge in [-0.25, -0.2) is 22.0 Å². The van der Waals surface area contributed by atoms with E-state index in [1.807, 2.05) is 0 Å². The number of sulfonamides is 1. The fraction of sp³-hybridized carbons (Fsp3) is 0.455. The van der Waals surface area contributed by atoms with Gasteiger partial charge in [-0.05, 0) is 41.1 Å². The van der Waals surface area contributed by atoms with Crippen LogP contribution in [0.1, 0.15) is 13.8 Å². The third kappa shape index (κ3) is 5.04. The Bertz CT molecular complexity index is 686. The van der Waals surface area contributed by atoms with E-state index < -0.39 is 19.9 Å². The van der Waals surface area contributed by atoms with E-state index in [1.165, 1.54) is 12.1 Å². The minimum Gasteiger partial charge on any atom is -0.381 e. The highest BCUT2D eigenvalue weighted by atomic mass is 79.9. The summed E-state index contributed by atoms with van der Waals surface area (Å²) in [4.78, 5) is -0.0104. The molecule has 0 spiro atoms. The van der Waals surface area contributed by atoms with Gasteiger partial charge in [0.05, 0.1) is 10.6 Å². The van der Waals surface area contributed by atoms with Crippen LogP contribution in [0, 0.1) is 0 Å². The van der Waals surface area contributed by atoms with E-state index in [9.17, 15) is 16.8 Å². The second kappa shape index (κ2) is 6.42.